The predicted molar refractivity (Wildman–Crippen MR) is 70.5 cm³/mol. The highest BCUT2D eigenvalue weighted by molar-refractivity contribution is 5.78. The second-order valence-corrected chi connectivity index (χ2v) is 4.64. The van der Waals surface area contributed by atoms with Gasteiger partial charge in [0.2, 0.25) is 0 Å². The Labute approximate surface area is 108 Å². The van der Waals surface area contributed by atoms with Crippen LogP contribution in [0.4, 0.5) is 0 Å². The smallest absolute Gasteiger partial charge is 0.258 e. The minimum Gasteiger partial charge on any atom is -0.481 e. The fraction of sp³-hybridized carbons (Fsp3) is 0.500. The number of nitrogens with two attached hydrogens (primary N) is 1. The summed E-state index contributed by atoms with van der Waals surface area (Å²) in [7, 11) is 0. The molecule has 0 fully saturated rings. The fourth-order valence-corrected chi connectivity index (χ4v) is 2.44. The third-order valence-corrected chi connectivity index (χ3v) is 3.38. The first-order valence-electron chi connectivity index (χ1n) is 6.44. The number of rotatable bonds is 5. The molecule has 1 aliphatic rings. The van der Waals surface area contributed by atoms with Crippen molar-refractivity contribution in [2.75, 3.05) is 6.54 Å². The summed E-state index contributed by atoms with van der Waals surface area (Å²) in [5, 5.41) is 3.46. The van der Waals surface area contributed by atoms with Gasteiger partial charge in [0.05, 0.1) is 0 Å². The molecule has 0 saturated carbocycles. The lowest BCUT2D eigenvalue weighted by atomic mass is 10.1. The summed E-state index contributed by atoms with van der Waals surface area (Å²) in [4.78, 5) is 11.1. The van der Waals surface area contributed by atoms with E-state index in [1.165, 1.54) is 11.1 Å². The van der Waals surface area contributed by atoms with Crippen LogP contribution in [-0.2, 0) is 11.2 Å². The van der Waals surface area contributed by atoms with E-state index in [2.05, 4.69) is 18.3 Å². The molecule has 1 aromatic carbocycles. The van der Waals surface area contributed by atoms with Gasteiger partial charge in [0.1, 0.15) is 5.75 Å². The molecule has 0 saturated heterocycles. The molecule has 0 bridgehead atoms. The van der Waals surface area contributed by atoms with Crippen molar-refractivity contribution in [3.05, 3.63) is 29.3 Å². The average Bonchev–Trinajstić information content (AvgIpc) is 2.74. The molecule has 1 amide bonds. The van der Waals surface area contributed by atoms with Gasteiger partial charge < -0.3 is 15.8 Å². The molecule has 4 heteroatoms. The molecule has 2 unspecified atom stereocenters. The quantitative estimate of drug-likeness (QED) is 0.830. The van der Waals surface area contributed by atoms with Crippen LogP contribution < -0.4 is 15.8 Å². The maximum Gasteiger partial charge on any atom is 0.258 e. The van der Waals surface area contributed by atoms with Gasteiger partial charge in [0.25, 0.3) is 5.91 Å². The van der Waals surface area contributed by atoms with E-state index in [-0.39, 0.29) is 0 Å². The van der Waals surface area contributed by atoms with E-state index in [1.54, 1.807) is 6.92 Å². The van der Waals surface area contributed by atoms with Crippen molar-refractivity contribution < 1.29 is 9.53 Å². The van der Waals surface area contributed by atoms with E-state index in [0.29, 0.717) is 6.04 Å². The molecule has 4 nitrogen and oxygen atoms in total. The van der Waals surface area contributed by atoms with Crippen molar-refractivity contribution >= 4 is 5.91 Å². The minimum atomic E-state index is -0.588. The van der Waals surface area contributed by atoms with Crippen LogP contribution in [0.3, 0.4) is 0 Å². The Balaban J connectivity index is 2.22. The van der Waals surface area contributed by atoms with Crippen LogP contribution in [0.25, 0.3) is 0 Å². The number of carbonyl (C=O) groups excluding carboxylic acids is 1. The lowest BCUT2D eigenvalue weighted by molar-refractivity contribution is -0.124. The molecule has 2 rings (SSSR count). The summed E-state index contributed by atoms with van der Waals surface area (Å²) in [6.07, 6.45) is 1.47. The molecule has 2 atom stereocenters. The van der Waals surface area contributed by atoms with Gasteiger partial charge in [-0.2, -0.15) is 0 Å². The van der Waals surface area contributed by atoms with E-state index >= 15 is 0 Å². The largest absolute Gasteiger partial charge is 0.481 e. The van der Waals surface area contributed by atoms with Crippen LogP contribution in [0.15, 0.2) is 18.2 Å². The predicted octanol–water partition coefficient (Wildman–Crippen LogP) is 1.54. The van der Waals surface area contributed by atoms with Crippen LogP contribution in [0.2, 0.25) is 0 Å². The average molecular weight is 248 g/mol. The highest BCUT2D eigenvalue weighted by atomic mass is 16.5. The van der Waals surface area contributed by atoms with Gasteiger partial charge >= 0.3 is 0 Å². The third kappa shape index (κ3) is 2.48. The van der Waals surface area contributed by atoms with Crippen LogP contribution in [0.1, 0.15) is 37.4 Å². The third-order valence-electron chi connectivity index (χ3n) is 3.38. The molecule has 0 radical (unpaired) electrons. The van der Waals surface area contributed by atoms with Crippen molar-refractivity contribution in [1.29, 1.82) is 0 Å². The van der Waals surface area contributed by atoms with Crippen molar-refractivity contribution in [1.82, 2.24) is 5.32 Å². The Hall–Kier alpha value is -1.55. The number of hydrogen-bond donors (Lipinski definition) is 2. The normalized spacial score (nSPS) is 19.3. The molecule has 98 valence electrons. The lowest BCUT2D eigenvalue weighted by Gasteiger charge is -2.16. The maximum absolute atomic E-state index is 11.1. The van der Waals surface area contributed by atoms with Gasteiger partial charge in [-0.1, -0.05) is 19.1 Å². The van der Waals surface area contributed by atoms with Gasteiger partial charge in [-0.15, -0.1) is 0 Å². The number of carbonyl (C=O) groups is 1. The van der Waals surface area contributed by atoms with E-state index in [0.717, 1.165) is 25.1 Å². The summed E-state index contributed by atoms with van der Waals surface area (Å²) in [6, 6.07) is 6.40. The molecule has 3 N–H and O–H groups in total. The minimum absolute atomic E-state index is 0.400. The molecule has 0 heterocycles. The summed E-state index contributed by atoms with van der Waals surface area (Å²) in [6.45, 7) is 4.73. The highest BCUT2D eigenvalue weighted by Crippen LogP contribution is 2.37. The Bertz CT molecular complexity index is 445. The number of ether oxygens (including phenoxy) is 1. The fourth-order valence-electron chi connectivity index (χ4n) is 2.44. The van der Waals surface area contributed by atoms with Crippen molar-refractivity contribution in [2.24, 2.45) is 5.73 Å². The van der Waals surface area contributed by atoms with E-state index in [9.17, 15) is 4.79 Å². The van der Waals surface area contributed by atoms with Gasteiger partial charge in [-0.3, -0.25) is 4.79 Å². The van der Waals surface area contributed by atoms with Crippen LogP contribution in [0.5, 0.6) is 5.75 Å². The molecule has 0 spiro atoms. The van der Waals surface area contributed by atoms with Gasteiger partial charge in [-0.25, -0.2) is 0 Å². The zero-order valence-corrected chi connectivity index (χ0v) is 10.9. The monoisotopic (exact) mass is 248 g/mol. The number of fused-ring (bicyclic) bond motifs is 1. The number of amides is 1. The molecular formula is C14H20N2O2. The second kappa shape index (κ2) is 5.40. The van der Waals surface area contributed by atoms with Crippen LogP contribution in [0, 0.1) is 0 Å². The molecular weight excluding hydrogens is 228 g/mol. The van der Waals surface area contributed by atoms with Gasteiger partial charge in [0, 0.05) is 6.04 Å². The number of nitrogens with one attached hydrogen (secondary N) is 1. The summed E-state index contributed by atoms with van der Waals surface area (Å²) < 4.78 is 5.64. The molecule has 0 aliphatic heterocycles. The highest BCUT2D eigenvalue weighted by Gasteiger charge is 2.25. The molecule has 1 aliphatic carbocycles. The number of hydrogen-bond acceptors (Lipinski definition) is 3. The number of benzene rings is 1. The number of primary amides is 1. The first kappa shape index (κ1) is 12.9. The molecule has 18 heavy (non-hydrogen) atoms. The lowest BCUT2D eigenvalue weighted by Crippen LogP contribution is -2.31. The van der Waals surface area contributed by atoms with E-state index < -0.39 is 12.0 Å². The van der Waals surface area contributed by atoms with Crippen molar-refractivity contribution in [3.63, 3.8) is 0 Å². The zero-order valence-electron chi connectivity index (χ0n) is 10.9. The molecule has 0 aromatic heterocycles. The summed E-state index contributed by atoms with van der Waals surface area (Å²) in [5.41, 5.74) is 7.72. The second-order valence-electron chi connectivity index (χ2n) is 4.64. The summed E-state index contributed by atoms with van der Waals surface area (Å²) in [5.74, 6) is 0.355. The van der Waals surface area contributed by atoms with Crippen LogP contribution in [-0.4, -0.2) is 18.6 Å². The Morgan fingerprint density at radius 1 is 1.61 bits per heavy atom. The first-order chi connectivity index (χ1) is 8.63. The zero-order chi connectivity index (χ0) is 13.1. The van der Waals surface area contributed by atoms with Crippen molar-refractivity contribution in [2.45, 2.75) is 38.8 Å². The van der Waals surface area contributed by atoms with E-state index in [4.69, 9.17) is 10.5 Å². The first-order valence-corrected chi connectivity index (χ1v) is 6.44. The maximum atomic E-state index is 11.1. The Morgan fingerprint density at radius 3 is 3.06 bits per heavy atom. The Morgan fingerprint density at radius 2 is 2.39 bits per heavy atom. The summed E-state index contributed by atoms with van der Waals surface area (Å²) >= 11 is 0. The molecule has 1 aromatic rings. The topological polar surface area (TPSA) is 64.3 Å². The van der Waals surface area contributed by atoms with Crippen molar-refractivity contribution in [3.8, 4) is 5.75 Å². The Kier molecular flexibility index (Phi) is 3.87. The van der Waals surface area contributed by atoms with Gasteiger partial charge in [-0.05, 0) is 43.5 Å². The van der Waals surface area contributed by atoms with E-state index in [1.807, 2.05) is 12.1 Å². The SMILES string of the molecule is CCNC1CCc2c(OC(C)C(N)=O)cccc21. The van der Waals surface area contributed by atoms with Gasteiger partial charge in [0.15, 0.2) is 6.10 Å². The van der Waals surface area contributed by atoms with Crippen LogP contribution >= 0.6 is 0 Å². The standard InChI is InChI=1S/C14H20N2O2/c1-3-16-12-8-7-11-10(12)5-4-6-13(11)18-9(2)14(15)17/h4-6,9,12,16H,3,7-8H2,1-2H3,(H2,15,17).